The molecule has 0 fully saturated rings. The summed E-state index contributed by atoms with van der Waals surface area (Å²) in [5, 5.41) is 2.76. The lowest BCUT2D eigenvalue weighted by Crippen LogP contribution is -2.30. The highest BCUT2D eigenvalue weighted by Crippen LogP contribution is 2.28. The smallest absolute Gasteiger partial charge is 0.259 e. The van der Waals surface area contributed by atoms with Crippen molar-refractivity contribution in [3.05, 3.63) is 64.6 Å². The van der Waals surface area contributed by atoms with E-state index in [9.17, 15) is 9.59 Å². The first-order chi connectivity index (χ1) is 13.5. The van der Waals surface area contributed by atoms with Crippen LogP contribution in [-0.2, 0) is 13.6 Å². The van der Waals surface area contributed by atoms with Gasteiger partial charge >= 0.3 is 0 Å². The Morgan fingerprint density at radius 1 is 1.14 bits per heavy atom. The van der Waals surface area contributed by atoms with E-state index < -0.39 is 5.91 Å². The number of rotatable bonds is 6. The quantitative estimate of drug-likeness (QED) is 0.683. The predicted molar refractivity (Wildman–Crippen MR) is 101 cm³/mol. The summed E-state index contributed by atoms with van der Waals surface area (Å²) in [6.07, 6.45) is 2.95. The Labute approximate surface area is 161 Å². The highest BCUT2D eigenvalue weighted by atomic mass is 16.5. The Morgan fingerprint density at radius 2 is 1.86 bits per heavy atom. The molecule has 0 atom stereocenters. The summed E-state index contributed by atoms with van der Waals surface area (Å²) < 4.78 is 11.9. The van der Waals surface area contributed by atoms with E-state index >= 15 is 0 Å². The van der Waals surface area contributed by atoms with Crippen LogP contribution < -0.4 is 20.3 Å². The number of methoxy groups -OCH3 is 2. The van der Waals surface area contributed by atoms with E-state index in [0.717, 1.165) is 0 Å². The molecule has 0 spiro atoms. The van der Waals surface area contributed by atoms with Gasteiger partial charge in [0.2, 0.25) is 0 Å². The molecule has 9 nitrogen and oxygen atoms in total. The molecule has 2 heterocycles. The van der Waals surface area contributed by atoms with Crippen LogP contribution in [0.5, 0.6) is 11.5 Å². The number of ether oxygens (including phenoxy) is 2. The van der Waals surface area contributed by atoms with Crippen LogP contribution in [0.3, 0.4) is 0 Å². The highest BCUT2D eigenvalue weighted by molar-refractivity contribution is 5.99. The molecule has 0 saturated heterocycles. The van der Waals surface area contributed by atoms with Crippen LogP contribution in [0.1, 0.15) is 16.2 Å². The molecule has 0 radical (unpaired) electrons. The summed E-state index contributed by atoms with van der Waals surface area (Å²) in [6.45, 7) is 0.0324. The van der Waals surface area contributed by atoms with Gasteiger partial charge in [0.05, 0.1) is 32.2 Å². The molecule has 9 heteroatoms. The molecule has 0 aliphatic rings. The standard InChI is InChI=1S/C19H19N5O4/c1-24-16(23-13(9-17(24)25)12-7-8-20-11-22-12)10-21-19(26)18-14(27-2)5-4-6-15(18)28-3/h4-9,11H,10H2,1-3H3,(H,21,26). The fourth-order valence-electron chi connectivity index (χ4n) is 2.64. The third-order valence-corrected chi connectivity index (χ3v) is 4.13. The van der Waals surface area contributed by atoms with Crippen LogP contribution >= 0.6 is 0 Å². The zero-order valence-electron chi connectivity index (χ0n) is 15.7. The molecule has 0 unspecified atom stereocenters. The van der Waals surface area contributed by atoms with Gasteiger partial charge in [-0.3, -0.25) is 14.2 Å². The average Bonchev–Trinajstić information content (AvgIpc) is 2.74. The number of hydrogen-bond donors (Lipinski definition) is 1. The molecular formula is C19H19N5O4. The third kappa shape index (κ3) is 3.83. The summed E-state index contributed by atoms with van der Waals surface area (Å²) in [7, 11) is 4.54. The highest BCUT2D eigenvalue weighted by Gasteiger charge is 2.18. The summed E-state index contributed by atoms with van der Waals surface area (Å²) in [5.41, 5.74) is 0.934. The Balaban J connectivity index is 1.88. The molecule has 3 aromatic rings. The van der Waals surface area contributed by atoms with E-state index in [-0.39, 0.29) is 17.7 Å². The van der Waals surface area contributed by atoms with Crippen molar-refractivity contribution in [2.24, 2.45) is 7.05 Å². The largest absolute Gasteiger partial charge is 0.496 e. The summed E-state index contributed by atoms with van der Waals surface area (Å²) in [5.74, 6) is 0.737. The topological polar surface area (TPSA) is 108 Å². The molecule has 0 bridgehead atoms. The van der Waals surface area contributed by atoms with Crippen molar-refractivity contribution in [2.75, 3.05) is 14.2 Å². The number of nitrogens with zero attached hydrogens (tertiary/aromatic N) is 4. The fourth-order valence-corrected chi connectivity index (χ4v) is 2.64. The number of aromatic nitrogens is 4. The summed E-state index contributed by atoms with van der Waals surface area (Å²) in [4.78, 5) is 37.4. The van der Waals surface area contributed by atoms with Crippen molar-refractivity contribution >= 4 is 5.91 Å². The van der Waals surface area contributed by atoms with E-state index in [1.807, 2.05) is 0 Å². The molecule has 0 aliphatic heterocycles. The Hall–Kier alpha value is -3.75. The number of hydrogen-bond acceptors (Lipinski definition) is 7. The van der Waals surface area contributed by atoms with Gasteiger partial charge < -0.3 is 14.8 Å². The average molecular weight is 381 g/mol. The van der Waals surface area contributed by atoms with Gasteiger partial charge in [0.1, 0.15) is 29.2 Å². The summed E-state index contributed by atoms with van der Waals surface area (Å²) in [6, 6.07) is 8.11. The van der Waals surface area contributed by atoms with Gasteiger partial charge in [-0.05, 0) is 18.2 Å². The van der Waals surface area contributed by atoms with Gasteiger partial charge in [-0.2, -0.15) is 0 Å². The van der Waals surface area contributed by atoms with E-state index in [2.05, 4.69) is 20.3 Å². The number of nitrogens with one attached hydrogen (secondary N) is 1. The van der Waals surface area contributed by atoms with Gasteiger partial charge in [0.25, 0.3) is 11.5 Å². The van der Waals surface area contributed by atoms with Crippen LogP contribution in [-0.4, -0.2) is 39.6 Å². The minimum Gasteiger partial charge on any atom is -0.496 e. The number of carbonyl (C=O) groups excluding carboxylic acids is 1. The lowest BCUT2D eigenvalue weighted by molar-refractivity contribution is 0.0943. The van der Waals surface area contributed by atoms with Crippen molar-refractivity contribution in [1.29, 1.82) is 0 Å². The molecule has 2 aromatic heterocycles. The van der Waals surface area contributed by atoms with Crippen LogP contribution in [0.15, 0.2) is 47.7 Å². The molecule has 1 amide bonds. The van der Waals surface area contributed by atoms with Crippen molar-refractivity contribution in [1.82, 2.24) is 24.8 Å². The third-order valence-electron chi connectivity index (χ3n) is 4.13. The Morgan fingerprint density at radius 3 is 2.46 bits per heavy atom. The molecular weight excluding hydrogens is 362 g/mol. The minimum absolute atomic E-state index is 0.0324. The normalized spacial score (nSPS) is 10.4. The molecule has 144 valence electrons. The maximum absolute atomic E-state index is 12.7. The molecule has 1 N–H and O–H groups in total. The number of carbonyl (C=O) groups is 1. The molecule has 0 saturated carbocycles. The van der Waals surface area contributed by atoms with E-state index in [4.69, 9.17) is 9.47 Å². The zero-order chi connectivity index (χ0) is 20.1. The maximum Gasteiger partial charge on any atom is 0.259 e. The minimum atomic E-state index is -0.406. The van der Waals surface area contributed by atoms with Gasteiger partial charge in [-0.25, -0.2) is 15.0 Å². The number of benzene rings is 1. The second kappa shape index (κ2) is 8.30. The van der Waals surface area contributed by atoms with Gasteiger partial charge in [0.15, 0.2) is 0 Å². The van der Waals surface area contributed by atoms with Gasteiger partial charge in [-0.15, -0.1) is 0 Å². The first kappa shape index (κ1) is 19.0. The van der Waals surface area contributed by atoms with Crippen LogP contribution in [0, 0.1) is 0 Å². The molecule has 1 aromatic carbocycles. The van der Waals surface area contributed by atoms with E-state index in [1.54, 1.807) is 37.5 Å². The Kier molecular flexibility index (Phi) is 5.64. The van der Waals surface area contributed by atoms with Crippen LogP contribution in [0.4, 0.5) is 0 Å². The van der Waals surface area contributed by atoms with Crippen molar-refractivity contribution in [3.63, 3.8) is 0 Å². The zero-order valence-corrected chi connectivity index (χ0v) is 15.7. The first-order valence-corrected chi connectivity index (χ1v) is 8.37. The van der Waals surface area contributed by atoms with Crippen LogP contribution in [0.25, 0.3) is 11.4 Å². The lowest BCUT2D eigenvalue weighted by Gasteiger charge is -2.14. The first-order valence-electron chi connectivity index (χ1n) is 8.37. The molecule has 0 aliphatic carbocycles. The summed E-state index contributed by atoms with van der Waals surface area (Å²) >= 11 is 0. The lowest BCUT2D eigenvalue weighted by atomic mass is 10.1. The van der Waals surface area contributed by atoms with Gasteiger partial charge in [-0.1, -0.05) is 6.07 Å². The maximum atomic E-state index is 12.7. The second-order valence-corrected chi connectivity index (χ2v) is 5.77. The van der Waals surface area contributed by atoms with Crippen molar-refractivity contribution in [2.45, 2.75) is 6.54 Å². The monoisotopic (exact) mass is 381 g/mol. The number of amides is 1. The predicted octanol–water partition coefficient (Wildman–Crippen LogP) is 1.18. The fraction of sp³-hybridized carbons (Fsp3) is 0.211. The second-order valence-electron chi connectivity index (χ2n) is 5.77. The van der Waals surface area contributed by atoms with E-state index in [1.165, 1.54) is 31.2 Å². The van der Waals surface area contributed by atoms with Crippen LogP contribution in [0.2, 0.25) is 0 Å². The Bertz CT molecular complexity index is 1030. The molecule has 3 rings (SSSR count). The van der Waals surface area contributed by atoms with Crippen molar-refractivity contribution < 1.29 is 14.3 Å². The van der Waals surface area contributed by atoms with Crippen molar-refractivity contribution in [3.8, 4) is 22.9 Å². The van der Waals surface area contributed by atoms with Gasteiger partial charge in [0, 0.05) is 19.3 Å². The van der Waals surface area contributed by atoms with E-state index in [0.29, 0.717) is 28.7 Å². The molecule has 28 heavy (non-hydrogen) atoms. The SMILES string of the molecule is COc1cccc(OC)c1C(=O)NCc1nc(-c2ccncn2)cc(=O)n1C.